The van der Waals surface area contributed by atoms with Crippen molar-refractivity contribution in [2.75, 3.05) is 19.8 Å². The number of esters is 1. The fraction of sp³-hybridized carbons (Fsp3) is 0.696. The summed E-state index contributed by atoms with van der Waals surface area (Å²) in [6.45, 7) is 8.26. The Morgan fingerprint density at radius 2 is 2.12 bits per heavy atom. The fourth-order valence-electron chi connectivity index (χ4n) is 4.13. The Labute approximate surface area is 200 Å². The van der Waals surface area contributed by atoms with E-state index in [4.69, 9.17) is 25.2 Å². The Hall–Kier alpha value is -2.31. The molecule has 2 heterocycles. The van der Waals surface area contributed by atoms with Gasteiger partial charge in [0.1, 0.15) is 0 Å². The van der Waals surface area contributed by atoms with Crippen LogP contribution in [0.15, 0.2) is 21.9 Å². The lowest BCUT2D eigenvalue weighted by atomic mass is 9.74. The molecule has 0 radical (unpaired) electrons. The monoisotopic (exact) mass is 496 g/mol. The van der Waals surface area contributed by atoms with Crippen LogP contribution in [0.1, 0.15) is 53.2 Å². The summed E-state index contributed by atoms with van der Waals surface area (Å²) in [6.07, 6.45) is 7.20. The van der Waals surface area contributed by atoms with E-state index in [9.17, 15) is 18.9 Å². The zero-order valence-electron chi connectivity index (χ0n) is 20.0. The van der Waals surface area contributed by atoms with Gasteiger partial charge in [-0.15, -0.1) is 6.42 Å². The van der Waals surface area contributed by atoms with Crippen LogP contribution in [-0.2, 0) is 28.1 Å². The van der Waals surface area contributed by atoms with Crippen molar-refractivity contribution in [1.82, 2.24) is 9.55 Å². The largest absolute Gasteiger partial charge is 0.463 e. The normalized spacial score (nSPS) is 25.4. The Morgan fingerprint density at radius 1 is 1.38 bits per heavy atom. The first-order valence-electron chi connectivity index (χ1n) is 11.3. The highest BCUT2D eigenvalue weighted by molar-refractivity contribution is 7.17. The van der Waals surface area contributed by atoms with E-state index in [1.807, 2.05) is 20.8 Å². The third-order valence-electron chi connectivity index (χ3n) is 5.93. The number of terminal acetylenes is 1. The number of carbonyl (C=O) groups excluding carboxylic acids is 1. The predicted molar refractivity (Wildman–Crippen MR) is 124 cm³/mol. The maximum atomic E-state index is 12.4. The average Bonchev–Trinajstić information content (AvgIpc) is 3.05. The molecule has 1 N–H and O–H groups in total. The second-order valence-corrected chi connectivity index (χ2v) is 9.40. The molecule has 0 amide bonds. The number of nitrogens with one attached hydrogen (secondary N) is 1. The molecule has 1 aliphatic rings. The molecule has 0 aliphatic carbocycles. The minimum Gasteiger partial charge on any atom is -0.463 e. The number of aromatic amines is 1. The number of nitrogens with zero attached hydrogens (tertiary/aromatic N) is 1. The Balaban J connectivity index is 2.02. The molecule has 0 spiro atoms. The first-order chi connectivity index (χ1) is 16.1. The second kappa shape index (κ2) is 13.0. The molecule has 0 aromatic carbocycles. The van der Waals surface area contributed by atoms with Gasteiger partial charge in [-0.3, -0.25) is 23.7 Å². The van der Waals surface area contributed by atoms with Crippen LogP contribution >= 0.6 is 8.69 Å². The van der Waals surface area contributed by atoms with Crippen molar-refractivity contribution in [3.8, 4) is 12.3 Å². The average molecular weight is 496 g/mol. The number of carbonyl (C=O) groups is 1. The van der Waals surface area contributed by atoms with Crippen molar-refractivity contribution in [2.24, 2.45) is 17.3 Å². The quantitative estimate of drug-likeness (QED) is 0.191. The standard InChI is InChI=1S/C23H33N2O8P/c1-6-23(5)17(10-12-30-13-16(4)7-8-20(27)32-15(2)3)18(14-31-34-29)33-21(23)25-11-9-19(26)24-22(25)28/h1,9,11,15-18,21H,7-8,10,12-14H2,2-5H3,(H,24,26,28)/t16?,17-,18-,21-,23-/m1/s1. The molecular weight excluding hydrogens is 463 g/mol. The fourth-order valence-corrected chi connectivity index (χ4v) is 4.33. The number of hydrogen-bond acceptors (Lipinski definition) is 8. The molecule has 1 aromatic heterocycles. The molecule has 1 aliphatic heterocycles. The second-order valence-electron chi connectivity index (χ2n) is 8.99. The van der Waals surface area contributed by atoms with E-state index >= 15 is 0 Å². The van der Waals surface area contributed by atoms with Gasteiger partial charge in [0.25, 0.3) is 5.56 Å². The van der Waals surface area contributed by atoms with Crippen LogP contribution in [0.2, 0.25) is 0 Å². The third-order valence-corrected chi connectivity index (χ3v) is 6.18. The SMILES string of the molecule is C#C[C@]1(C)[C@H](CCOCC(C)CCC(=O)OC(C)C)[C@@H](COP=O)O[C@H]1n1ccc(=O)[nH]c1=O. The van der Waals surface area contributed by atoms with Gasteiger partial charge in [-0.25, -0.2) is 9.36 Å². The van der Waals surface area contributed by atoms with Crippen molar-refractivity contribution in [1.29, 1.82) is 0 Å². The van der Waals surface area contributed by atoms with Gasteiger partial charge in [0.05, 0.1) is 24.2 Å². The van der Waals surface area contributed by atoms with Crippen LogP contribution in [0.5, 0.6) is 0 Å². The Morgan fingerprint density at radius 3 is 2.74 bits per heavy atom. The first kappa shape index (κ1) is 27.9. The van der Waals surface area contributed by atoms with Gasteiger partial charge in [-0.2, -0.15) is 0 Å². The van der Waals surface area contributed by atoms with E-state index in [0.717, 1.165) is 0 Å². The molecular formula is C23H33N2O8P. The smallest absolute Gasteiger partial charge is 0.330 e. The van der Waals surface area contributed by atoms with Crippen LogP contribution in [-0.4, -0.2) is 47.5 Å². The molecule has 34 heavy (non-hydrogen) atoms. The number of aromatic nitrogens is 2. The van der Waals surface area contributed by atoms with E-state index in [1.165, 1.54) is 16.8 Å². The van der Waals surface area contributed by atoms with E-state index in [-0.39, 0.29) is 30.5 Å². The zero-order chi connectivity index (χ0) is 25.3. The molecule has 2 rings (SSSR count). The van der Waals surface area contributed by atoms with Gasteiger partial charge in [0.2, 0.25) is 0 Å². The van der Waals surface area contributed by atoms with E-state index in [0.29, 0.717) is 32.5 Å². The lowest BCUT2D eigenvalue weighted by molar-refractivity contribution is -0.147. The van der Waals surface area contributed by atoms with Crippen LogP contribution in [0.4, 0.5) is 0 Å². The van der Waals surface area contributed by atoms with Gasteiger partial charge in [0, 0.05) is 37.8 Å². The topological polar surface area (TPSA) is 126 Å². The van der Waals surface area contributed by atoms with Crippen LogP contribution in [0.25, 0.3) is 0 Å². The summed E-state index contributed by atoms with van der Waals surface area (Å²) < 4.78 is 34.2. The summed E-state index contributed by atoms with van der Waals surface area (Å²) in [6, 6.07) is 1.22. The predicted octanol–water partition coefficient (Wildman–Crippen LogP) is 2.69. The molecule has 1 aromatic rings. The molecule has 1 saturated heterocycles. The summed E-state index contributed by atoms with van der Waals surface area (Å²) in [5, 5.41) is 0. The number of ether oxygens (including phenoxy) is 3. The number of H-pyrrole nitrogens is 1. The molecule has 5 atom stereocenters. The Bertz CT molecular complexity index is 984. The lowest BCUT2D eigenvalue weighted by Crippen LogP contribution is -2.38. The van der Waals surface area contributed by atoms with Crippen molar-refractivity contribution in [2.45, 2.75) is 65.4 Å². The van der Waals surface area contributed by atoms with Crippen molar-refractivity contribution >= 4 is 14.7 Å². The minimum atomic E-state index is -0.925. The molecule has 1 unspecified atom stereocenters. The third kappa shape index (κ3) is 7.34. The number of rotatable bonds is 13. The summed E-state index contributed by atoms with van der Waals surface area (Å²) in [4.78, 5) is 37.8. The molecule has 10 nitrogen and oxygen atoms in total. The number of hydrogen-bond donors (Lipinski definition) is 1. The van der Waals surface area contributed by atoms with Crippen LogP contribution in [0, 0.1) is 29.6 Å². The first-order valence-corrected chi connectivity index (χ1v) is 12.0. The van der Waals surface area contributed by atoms with E-state index < -0.39 is 37.7 Å². The van der Waals surface area contributed by atoms with Gasteiger partial charge in [0.15, 0.2) is 6.23 Å². The lowest BCUT2D eigenvalue weighted by Gasteiger charge is -2.31. The Kier molecular flexibility index (Phi) is 10.6. The van der Waals surface area contributed by atoms with Crippen LogP contribution in [0.3, 0.4) is 0 Å². The molecule has 11 heteroatoms. The summed E-state index contributed by atoms with van der Waals surface area (Å²) in [5.41, 5.74) is -2.09. The van der Waals surface area contributed by atoms with Gasteiger partial charge in [-0.1, -0.05) is 12.8 Å². The maximum Gasteiger partial charge on any atom is 0.330 e. The van der Waals surface area contributed by atoms with Gasteiger partial charge < -0.3 is 14.2 Å². The molecule has 0 saturated carbocycles. The highest BCUT2D eigenvalue weighted by Gasteiger charge is 2.53. The van der Waals surface area contributed by atoms with E-state index in [1.54, 1.807) is 6.92 Å². The zero-order valence-corrected chi connectivity index (χ0v) is 20.9. The highest BCUT2D eigenvalue weighted by atomic mass is 31.1. The summed E-state index contributed by atoms with van der Waals surface area (Å²) in [7, 11) is -0.492. The molecule has 0 bridgehead atoms. The van der Waals surface area contributed by atoms with Gasteiger partial charge >= 0.3 is 20.3 Å². The maximum absolute atomic E-state index is 12.4. The van der Waals surface area contributed by atoms with Gasteiger partial charge in [-0.05, 0) is 39.5 Å². The van der Waals surface area contributed by atoms with E-state index in [2.05, 4.69) is 10.9 Å². The van der Waals surface area contributed by atoms with Crippen LogP contribution < -0.4 is 11.2 Å². The van der Waals surface area contributed by atoms with Crippen molar-refractivity contribution in [3.63, 3.8) is 0 Å². The van der Waals surface area contributed by atoms with Crippen molar-refractivity contribution < 1.29 is 28.1 Å². The summed E-state index contributed by atoms with van der Waals surface area (Å²) in [5.74, 6) is 2.42. The molecule has 188 valence electrons. The summed E-state index contributed by atoms with van der Waals surface area (Å²) >= 11 is 0. The minimum absolute atomic E-state index is 0.00988. The molecule has 1 fully saturated rings. The van der Waals surface area contributed by atoms with Crippen molar-refractivity contribution in [3.05, 3.63) is 33.1 Å². The highest BCUT2D eigenvalue weighted by Crippen LogP contribution is 2.50.